The highest BCUT2D eigenvalue weighted by Gasteiger charge is 2.36. The van der Waals surface area contributed by atoms with Crippen molar-refractivity contribution in [3.05, 3.63) is 29.8 Å². The quantitative estimate of drug-likeness (QED) is 0.737. The smallest absolute Gasteiger partial charge is 0.0662 e. The predicted molar refractivity (Wildman–Crippen MR) is 70.9 cm³/mol. The number of anilines is 1. The molecule has 1 saturated heterocycles. The molecule has 1 heterocycles. The van der Waals surface area contributed by atoms with E-state index >= 15 is 0 Å². The Labute approximate surface area is 104 Å². The Kier molecular flexibility index (Phi) is 3.11. The number of rotatable bonds is 1. The number of hydrogen-bond acceptors (Lipinski definition) is 2. The number of benzene rings is 1. The molecule has 1 fully saturated rings. The van der Waals surface area contributed by atoms with E-state index in [9.17, 15) is 0 Å². The molecule has 0 saturated carbocycles. The molecule has 0 aliphatic carbocycles. The van der Waals surface area contributed by atoms with Crippen molar-refractivity contribution in [1.82, 2.24) is 0 Å². The second kappa shape index (κ2) is 4.41. The zero-order valence-electron chi connectivity index (χ0n) is 10.9. The van der Waals surface area contributed by atoms with Crippen LogP contribution in [0.15, 0.2) is 24.3 Å². The summed E-state index contributed by atoms with van der Waals surface area (Å²) in [5.74, 6) is 0.183. The summed E-state index contributed by atoms with van der Waals surface area (Å²) in [6.45, 7) is 8.51. The lowest BCUT2D eigenvalue weighted by Gasteiger charge is -2.43. The third-order valence-corrected chi connectivity index (χ3v) is 3.84. The number of para-hydroxylation sites is 1. The fourth-order valence-electron chi connectivity index (χ4n) is 2.72. The minimum absolute atomic E-state index is 0.0787. The van der Waals surface area contributed by atoms with Crippen molar-refractivity contribution >= 4 is 5.69 Å². The van der Waals surface area contributed by atoms with Crippen molar-refractivity contribution < 1.29 is 0 Å². The summed E-state index contributed by atoms with van der Waals surface area (Å²) in [5, 5.41) is 9.17. The van der Waals surface area contributed by atoms with Crippen LogP contribution in [0.5, 0.6) is 0 Å². The summed E-state index contributed by atoms with van der Waals surface area (Å²) < 4.78 is 0. The first-order valence-corrected chi connectivity index (χ1v) is 6.25. The molecule has 90 valence electrons. The van der Waals surface area contributed by atoms with Gasteiger partial charge in [0.1, 0.15) is 0 Å². The van der Waals surface area contributed by atoms with Crippen molar-refractivity contribution in [3.8, 4) is 6.07 Å². The van der Waals surface area contributed by atoms with Gasteiger partial charge in [0.25, 0.3) is 0 Å². The zero-order valence-corrected chi connectivity index (χ0v) is 10.9. The molecule has 0 bridgehead atoms. The first-order valence-electron chi connectivity index (χ1n) is 6.25. The molecule has 1 aliphatic rings. The molecule has 2 nitrogen and oxygen atoms in total. The third-order valence-electron chi connectivity index (χ3n) is 3.84. The maximum Gasteiger partial charge on any atom is 0.0662 e. The summed E-state index contributed by atoms with van der Waals surface area (Å²) in [4.78, 5) is 2.42. The van der Waals surface area contributed by atoms with Crippen molar-refractivity contribution in [1.29, 1.82) is 5.26 Å². The fraction of sp³-hybridized carbons (Fsp3) is 0.533. The second-order valence-electron chi connectivity index (χ2n) is 5.67. The van der Waals surface area contributed by atoms with Gasteiger partial charge in [-0.05, 0) is 30.4 Å². The zero-order chi connectivity index (χ0) is 12.5. The Morgan fingerprint density at radius 1 is 1.35 bits per heavy atom. The van der Waals surface area contributed by atoms with Gasteiger partial charge in [-0.3, -0.25) is 0 Å². The third kappa shape index (κ3) is 2.29. The van der Waals surface area contributed by atoms with Crippen molar-refractivity contribution in [2.24, 2.45) is 11.3 Å². The molecule has 2 heteroatoms. The molecule has 2 rings (SSSR count). The average Bonchev–Trinajstić information content (AvgIpc) is 2.28. The molecule has 1 aliphatic heterocycles. The minimum atomic E-state index is 0.0787. The van der Waals surface area contributed by atoms with E-state index < -0.39 is 0 Å². The van der Waals surface area contributed by atoms with Gasteiger partial charge in [-0.1, -0.05) is 32.0 Å². The lowest BCUT2D eigenvalue weighted by molar-refractivity contribution is 0.226. The van der Waals surface area contributed by atoms with Gasteiger partial charge in [0, 0.05) is 18.8 Å². The molecule has 1 aromatic rings. The summed E-state index contributed by atoms with van der Waals surface area (Å²) >= 11 is 0. The van der Waals surface area contributed by atoms with Gasteiger partial charge in [-0.2, -0.15) is 5.26 Å². The highest BCUT2D eigenvalue weighted by molar-refractivity contribution is 5.53. The molecule has 0 N–H and O–H groups in total. The standard InChI is InChI=1S/C15H20N2/c1-12-6-4-5-7-14(12)17-9-8-13(10-16)15(2,3)11-17/h4-7,13H,8-9,11H2,1-3H3. The summed E-state index contributed by atoms with van der Waals surface area (Å²) in [7, 11) is 0. The highest BCUT2D eigenvalue weighted by Crippen LogP contribution is 2.37. The molecule has 0 aromatic heterocycles. The van der Waals surface area contributed by atoms with E-state index in [0.29, 0.717) is 0 Å². The van der Waals surface area contributed by atoms with E-state index in [2.05, 4.69) is 56.0 Å². The fourth-order valence-corrected chi connectivity index (χ4v) is 2.72. The summed E-state index contributed by atoms with van der Waals surface area (Å²) in [6, 6.07) is 10.9. The van der Waals surface area contributed by atoms with Gasteiger partial charge in [0.15, 0.2) is 0 Å². The van der Waals surface area contributed by atoms with E-state index in [1.807, 2.05) is 0 Å². The van der Waals surface area contributed by atoms with Crippen LogP contribution >= 0.6 is 0 Å². The number of hydrogen-bond donors (Lipinski definition) is 0. The van der Waals surface area contributed by atoms with Crippen molar-refractivity contribution in [2.75, 3.05) is 18.0 Å². The maximum atomic E-state index is 9.17. The normalized spacial score (nSPS) is 23.2. The first-order chi connectivity index (χ1) is 8.04. The number of piperidine rings is 1. The molecule has 1 atom stereocenters. The summed E-state index contributed by atoms with van der Waals surface area (Å²) in [6.07, 6.45) is 0.970. The maximum absolute atomic E-state index is 9.17. The van der Waals surface area contributed by atoms with Crippen LogP contribution < -0.4 is 4.90 Å². The van der Waals surface area contributed by atoms with Gasteiger partial charge in [-0.25, -0.2) is 0 Å². The molecule has 0 radical (unpaired) electrons. The predicted octanol–water partition coefficient (Wildman–Crippen LogP) is 3.37. The SMILES string of the molecule is Cc1ccccc1N1CCC(C#N)C(C)(C)C1. The largest absolute Gasteiger partial charge is 0.371 e. The Morgan fingerprint density at radius 3 is 2.65 bits per heavy atom. The van der Waals surface area contributed by atoms with Crippen LogP contribution in [0.25, 0.3) is 0 Å². The van der Waals surface area contributed by atoms with E-state index in [4.69, 9.17) is 5.26 Å². The highest BCUT2D eigenvalue weighted by atomic mass is 15.1. The van der Waals surface area contributed by atoms with Gasteiger partial charge in [-0.15, -0.1) is 0 Å². The first kappa shape index (κ1) is 12.0. The van der Waals surface area contributed by atoms with E-state index in [-0.39, 0.29) is 11.3 Å². The van der Waals surface area contributed by atoms with E-state index in [1.54, 1.807) is 0 Å². The van der Waals surface area contributed by atoms with Crippen LogP contribution in [0, 0.1) is 29.6 Å². The number of nitrogens with zero attached hydrogens (tertiary/aromatic N) is 2. The van der Waals surface area contributed by atoms with Gasteiger partial charge >= 0.3 is 0 Å². The van der Waals surface area contributed by atoms with Crippen LogP contribution in [0.2, 0.25) is 0 Å². The lowest BCUT2D eigenvalue weighted by atomic mass is 9.74. The Morgan fingerprint density at radius 2 is 2.06 bits per heavy atom. The molecular formula is C15H20N2. The van der Waals surface area contributed by atoms with Crippen molar-refractivity contribution in [2.45, 2.75) is 27.2 Å². The van der Waals surface area contributed by atoms with E-state index in [1.165, 1.54) is 11.3 Å². The lowest BCUT2D eigenvalue weighted by Crippen LogP contribution is -2.45. The Balaban J connectivity index is 2.22. The van der Waals surface area contributed by atoms with Gasteiger partial charge < -0.3 is 4.90 Å². The molecule has 0 spiro atoms. The minimum Gasteiger partial charge on any atom is -0.371 e. The van der Waals surface area contributed by atoms with Crippen LogP contribution in [-0.4, -0.2) is 13.1 Å². The topological polar surface area (TPSA) is 27.0 Å². The number of nitriles is 1. The van der Waals surface area contributed by atoms with Gasteiger partial charge in [0.2, 0.25) is 0 Å². The Hall–Kier alpha value is -1.49. The van der Waals surface area contributed by atoms with Gasteiger partial charge in [0.05, 0.1) is 12.0 Å². The monoisotopic (exact) mass is 228 g/mol. The van der Waals surface area contributed by atoms with Crippen LogP contribution in [0.3, 0.4) is 0 Å². The molecular weight excluding hydrogens is 208 g/mol. The second-order valence-corrected chi connectivity index (χ2v) is 5.67. The molecule has 0 amide bonds. The van der Waals surface area contributed by atoms with Crippen LogP contribution in [0.1, 0.15) is 25.8 Å². The van der Waals surface area contributed by atoms with Crippen LogP contribution in [0.4, 0.5) is 5.69 Å². The molecule has 1 aromatic carbocycles. The Bertz CT molecular complexity index is 442. The average molecular weight is 228 g/mol. The molecule has 17 heavy (non-hydrogen) atoms. The summed E-state index contributed by atoms with van der Waals surface area (Å²) in [5.41, 5.74) is 2.71. The van der Waals surface area contributed by atoms with E-state index in [0.717, 1.165) is 19.5 Å². The molecule has 1 unspecified atom stereocenters. The van der Waals surface area contributed by atoms with Crippen molar-refractivity contribution in [3.63, 3.8) is 0 Å². The van der Waals surface area contributed by atoms with Crippen LogP contribution in [-0.2, 0) is 0 Å². The number of aryl methyl sites for hydroxylation is 1.